The molecule has 0 amide bonds. The molecule has 0 bridgehead atoms. The SMILES string of the molecule is CN([C@@H]1CCc2ccc(C(F)(F)F)cc2N1)S(=O)(=O)c1ccccc1[N+](=O)[O-]. The highest BCUT2D eigenvalue weighted by atomic mass is 32.2. The molecule has 0 aliphatic carbocycles. The van der Waals surface area contributed by atoms with Crippen LogP contribution in [-0.4, -0.2) is 30.9 Å². The Bertz CT molecular complexity index is 1020. The molecule has 0 saturated carbocycles. The third kappa shape index (κ3) is 3.67. The van der Waals surface area contributed by atoms with Crippen LogP contribution in [0.25, 0.3) is 0 Å². The van der Waals surface area contributed by atoms with Crippen LogP contribution in [0.1, 0.15) is 17.5 Å². The largest absolute Gasteiger partial charge is 0.416 e. The number of hydrogen-bond donors (Lipinski definition) is 1. The number of fused-ring (bicyclic) bond motifs is 1. The Morgan fingerprint density at radius 1 is 1.21 bits per heavy atom. The van der Waals surface area contributed by atoms with Gasteiger partial charge in [-0.2, -0.15) is 17.5 Å². The molecule has 0 unspecified atom stereocenters. The second kappa shape index (κ2) is 7.06. The summed E-state index contributed by atoms with van der Waals surface area (Å²) in [6.45, 7) is 0. The smallest absolute Gasteiger partial charge is 0.368 e. The second-order valence-electron chi connectivity index (χ2n) is 6.31. The average Bonchev–Trinajstić information content (AvgIpc) is 2.65. The molecule has 28 heavy (non-hydrogen) atoms. The predicted molar refractivity (Wildman–Crippen MR) is 95.2 cm³/mol. The first-order valence-corrected chi connectivity index (χ1v) is 9.64. The van der Waals surface area contributed by atoms with Gasteiger partial charge in [-0.05, 0) is 36.6 Å². The van der Waals surface area contributed by atoms with Gasteiger partial charge in [0.15, 0.2) is 4.90 Å². The van der Waals surface area contributed by atoms with E-state index >= 15 is 0 Å². The molecule has 1 N–H and O–H groups in total. The molecule has 0 aromatic heterocycles. The van der Waals surface area contributed by atoms with E-state index < -0.39 is 43.4 Å². The van der Waals surface area contributed by atoms with Crippen molar-refractivity contribution < 1.29 is 26.5 Å². The van der Waals surface area contributed by atoms with Gasteiger partial charge < -0.3 is 5.32 Å². The molecule has 2 aromatic carbocycles. The first kappa shape index (κ1) is 20.1. The molecule has 0 radical (unpaired) electrons. The molecule has 2 aromatic rings. The number of nitrogens with zero attached hydrogens (tertiary/aromatic N) is 2. The lowest BCUT2D eigenvalue weighted by atomic mass is 9.99. The fourth-order valence-electron chi connectivity index (χ4n) is 3.07. The maximum Gasteiger partial charge on any atom is 0.416 e. The number of alkyl halides is 3. The molecule has 1 heterocycles. The Kier molecular flexibility index (Phi) is 5.06. The van der Waals surface area contributed by atoms with E-state index in [0.717, 1.165) is 28.6 Å². The van der Waals surface area contributed by atoms with E-state index in [1.54, 1.807) is 0 Å². The van der Waals surface area contributed by atoms with Crippen molar-refractivity contribution in [3.05, 3.63) is 63.7 Å². The maximum absolute atomic E-state index is 12.9. The lowest BCUT2D eigenvalue weighted by Crippen LogP contribution is -2.44. The number of nitro benzene ring substituents is 1. The van der Waals surface area contributed by atoms with Crippen molar-refractivity contribution in [1.29, 1.82) is 0 Å². The minimum absolute atomic E-state index is 0.190. The number of sulfonamides is 1. The Labute approximate surface area is 159 Å². The van der Waals surface area contributed by atoms with Gasteiger partial charge in [0.2, 0.25) is 0 Å². The van der Waals surface area contributed by atoms with Crippen molar-refractivity contribution in [2.75, 3.05) is 12.4 Å². The molecule has 0 fully saturated rings. The maximum atomic E-state index is 12.9. The highest BCUT2D eigenvalue weighted by molar-refractivity contribution is 7.89. The predicted octanol–water partition coefficient (Wildman–Crippen LogP) is 3.62. The van der Waals surface area contributed by atoms with Crippen LogP contribution in [0, 0.1) is 10.1 Å². The van der Waals surface area contributed by atoms with Crippen LogP contribution in [-0.2, 0) is 22.6 Å². The van der Waals surface area contributed by atoms with Gasteiger partial charge in [0.1, 0.15) is 0 Å². The monoisotopic (exact) mass is 415 g/mol. The first-order valence-electron chi connectivity index (χ1n) is 8.20. The minimum atomic E-state index is -4.52. The lowest BCUT2D eigenvalue weighted by molar-refractivity contribution is -0.387. The van der Waals surface area contributed by atoms with E-state index in [9.17, 15) is 31.7 Å². The quantitative estimate of drug-likeness (QED) is 0.608. The Morgan fingerprint density at radius 2 is 1.89 bits per heavy atom. The van der Waals surface area contributed by atoms with Crippen LogP contribution in [0.2, 0.25) is 0 Å². The van der Waals surface area contributed by atoms with Crippen LogP contribution >= 0.6 is 0 Å². The van der Waals surface area contributed by atoms with Gasteiger partial charge >= 0.3 is 6.18 Å². The number of aryl methyl sites for hydroxylation is 1. The zero-order chi connectivity index (χ0) is 20.7. The highest BCUT2D eigenvalue weighted by Crippen LogP contribution is 2.36. The van der Waals surface area contributed by atoms with Gasteiger partial charge in [0, 0.05) is 18.8 Å². The van der Waals surface area contributed by atoms with E-state index in [-0.39, 0.29) is 5.69 Å². The molecule has 11 heteroatoms. The fraction of sp³-hybridized carbons (Fsp3) is 0.294. The van der Waals surface area contributed by atoms with Crippen LogP contribution in [0.15, 0.2) is 47.4 Å². The number of benzene rings is 2. The number of para-hydroxylation sites is 1. The van der Waals surface area contributed by atoms with E-state index in [1.807, 2.05) is 0 Å². The summed E-state index contributed by atoms with van der Waals surface area (Å²) in [5, 5.41) is 14.0. The average molecular weight is 415 g/mol. The highest BCUT2D eigenvalue weighted by Gasteiger charge is 2.36. The summed E-state index contributed by atoms with van der Waals surface area (Å²) in [5.74, 6) is 0. The summed E-state index contributed by atoms with van der Waals surface area (Å²) >= 11 is 0. The topological polar surface area (TPSA) is 92.6 Å². The van der Waals surface area contributed by atoms with Gasteiger partial charge in [-0.15, -0.1) is 0 Å². The van der Waals surface area contributed by atoms with E-state index in [2.05, 4.69) is 5.32 Å². The van der Waals surface area contributed by atoms with Gasteiger partial charge in [0.25, 0.3) is 15.7 Å². The van der Waals surface area contributed by atoms with Crippen molar-refractivity contribution in [1.82, 2.24) is 4.31 Å². The number of nitro groups is 1. The fourth-order valence-corrected chi connectivity index (χ4v) is 4.53. The van der Waals surface area contributed by atoms with Crippen LogP contribution < -0.4 is 5.32 Å². The molecule has 1 aliphatic rings. The Hall–Kier alpha value is -2.66. The zero-order valence-electron chi connectivity index (χ0n) is 14.6. The number of halogens is 3. The van der Waals surface area contributed by atoms with Crippen molar-refractivity contribution in [3.63, 3.8) is 0 Å². The number of nitrogens with one attached hydrogen (secondary N) is 1. The first-order chi connectivity index (χ1) is 13.0. The van der Waals surface area contributed by atoms with E-state index in [0.29, 0.717) is 18.4 Å². The van der Waals surface area contributed by atoms with E-state index in [1.165, 1.54) is 25.2 Å². The van der Waals surface area contributed by atoms with E-state index in [4.69, 9.17) is 0 Å². The number of hydrogen-bond acceptors (Lipinski definition) is 5. The summed E-state index contributed by atoms with van der Waals surface area (Å²) in [5.41, 5.74) is -0.579. The molecule has 1 aliphatic heterocycles. The summed E-state index contributed by atoms with van der Waals surface area (Å²) in [4.78, 5) is 9.90. The molecular formula is C17H16F3N3O4S. The Balaban J connectivity index is 1.92. The van der Waals surface area contributed by atoms with Crippen LogP contribution in [0.5, 0.6) is 0 Å². The number of anilines is 1. The van der Waals surface area contributed by atoms with Gasteiger partial charge in [-0.25, -0.2) is 8.42 Å². The van der Waals surface area contributed by atoms with Crippen molar-refractivity contribution in [3.8, 4) is 0 Å². The molecule has 1 atom stereocenters. The molecule has 150 valence electrons. The van der Waals surface area contributed by atoms with Gasteiger partial charge in [-0.3, -0.25) is 10.1 Å². The number of rotatable bonds is 4. The van der Waals surface area contributed by atoms with Gasteiger partial charge in [0.05, 0.1) is 16.7 Å². The van der Waals surface area contributed by atoms with Crippen molar-refractivity contribution in [2.45, 2.75) is 30.1 Å². The van der Waals surface area contributed by atoms with Crippen LogP contribution in [0.3, 0.4) is 0 Å². The normalized spacial score (nSPS) is 17.1. The summed E-state index contributed by atoms with van der Waals surface area (Å²) < 4.78 is 65.5. The van der Waals surface area contributed by atoms with Gasteiger partial charge in [-0.1, -0.05) is 18.2 Å². The molecule has 0 saturated heterocycles. The standard InChI is InChI=1S/C17H16F3N3O4S/c1-22(28(26,27)15-5-3-2-4-14(15)23(24)25)16-9-7-11-6-8-12(17(18,19)20)10-13(11)21-16/h2-6,8,10,16,21H,7,9H2,1H3/t16-/m1/s1. The Morgan fingerprint density at radius 3 is 2.54 bits per heavy atom. The third-order valence-electron chi connectivity index (χ3n) is 4.60. The summed E-state index contributed by atoms with van der Waals surface area (Å²) in [6.07, 6.45) is -4.70. The molecule has 0 spiro atoms. The van der Waals surface area contributed by atoms with Crippen LogP contribution in [0.4, 0.5) is 24.5 Å². The summed E-state index contributed by atoms with van der Waals surface area (Å²) in [7, 11) is -3.01. The minimum Gasteiger partial charge on any atom is -0.368 e. The molecule has 7 nitrogen and oxygen atoms in total. The third-order valence-corrected chi connectivity index (χ3v) is 6.52. The summed E-state index contributed by atoms with van der Waals surface area (Å²) in [6, 6.07) is 8.21. The second-order valence-corrected chi connectivity index (χ2v) is 8.28. The molecular weight excluding hydrogens is 399 g/mol. The van der Waals surface area contributed by atoms with Crippen molar-refractivity contribution in [2.24, 2.45) is 0 Å². The molecule has 3 rings (SSSR count). The van der Waals surface area contributed by atoms with Crippen molar-refractivity contribution >= 4 is 21.4 Å². The zero-order valence-corrected chi connectivity index (χ0v) is 15.4. The lowest BCUT2D eigenvalue weighted by Gasteiger charge is -2.33.